The van der Waals surface area contributed by atoms with E-state index in [4.69, 9.17) is 4.74 Å². The first-order chi connectivity index (χ1) is 15.4. The first-order valence-corrected chi connectivity index (χ1v) is 11.9. The summed E-state index contributed by atoms with van der Waals surface area (Å²) >= 11 is 0. The summed E-state index contributed by atoms with van der Waals surface area (Å²) in [6.45, 7) is 2.86. The maximum Gasteiger partial charge on any atom is 0.280 e. The van der Waals surface area contributed by atoms with Crippen LogP contribution in [0.3, 0.4) is 0 Å². The molecule has 1 aliphatic rings. The van der Waals surface area contributed by atoms with E-state index in [0.29, 0.717) is 35.8 Å². The van der Waals surface area contributed by atoms with Crippen molar-refractivity contribution in [2.45, 2.75) is 31.1 Å². The van der Waals surface area contributed by atoms with E-state index in [1.807, 2.05) is 30.3 Å². The smallest absolute Gasteiger partial charge is 0.280 e. The molecule has 0 aliphatic carbocycles. The largest absolute Gasteiger partial charge is 0.494 e. The second-order valence-electron chi connectivity index (χ2n) is 7.68. The Labute approximate surface area is 187 Å². The van der Waals surface area contributed by atoms with Crippen LogP contribution in [0.25, 0.3) is 5.69 Å². The van der Waals surface area contributed by atoms with Gasteiger partial charge >= 0.3 is 0 Å². The SMILES string of the molecule is COc1cc(S(=O)(=O)N2CCCCC2)ccc1N=Cc1c(C)[nH]n(-c2ccccc2)c1=O. The van der Waals surface area contributed by atoms with Crippen molar-refractivity contribution in [2.24, 2.45) is 4.99 Å². The molecule has 3 aromatic rings. The molecule has 32 heavy (non-hydrogen) atoms. The molecule has 1 aromatic heterocycles. The molecule has 9 heteroatoms. The molecule has 0 atom stereocenters. The van der Waals surface area contributed by atoms with Crippen molar-refractivity contribution in [3.8, 4) is 11.4 Å². The third-order valence-corrected chi connectivity index (χ3v) is 7.46. The fourth-order valence-electron chi connectivity index (χ4n) is 3.78. The van der Waals surface area contributed by atoms with Crippen molar-refractivity contribution in [1.29, 1.82) is 0 Å². The van der Waals surface area contributed by atoms with Crippen LogP contribution >= 0.6 is 0 Å². The molecule has 1 saturated heterocycles. The van der Waals surface area contributed by atoms with Crippen molar-refractivity contribution >= 4 is 21.9 Å². The van der Waals surface area contributed by atoms with Gasteiger partial charge in [0.25, 0.3) is 5.56 Å². The number of sulfonamides is 1. The third-order valence-electron chi connectivity index (χ3n) is 5.57. The van der Waals surface area contributed by atoms with E-state index in [1.54, 1.807) is 13.0 Å². The minimum absolute atomic E-state index is 0.180. The molecule has 4 rings (SSSR count). The van der Waals surface area contributed by atoms with Gasteiger partial charge in [-0.05, 0) is 44.0 Å². The topological polar surface area (TPSA) is 96.8 Å². The number of nitrogens with zero attached hydrogens (tertiary/aromatic N) is 3. The number of hydrogen-bond acceptors (Lipinski definition) is 5. The Kier molecular flexibility index (Phi) is 6.29. The lowest BCUT2D eigenvalue weighted by atomic mass is 10.2. The minimum atomic E-state index is -3.58. The van der Waals surface area contributed by atoms with Gasteiger partial charge in [0.2, 0.25) is 10.0 Å². The first kappa shape index (κ1) is 22.0. The number of aliphatic imine (C=N–C) groups is 1. The number of methoxy groups -OCH3 is 1. The van der Waals surface area contributed by atoms with Gasteiger partial charge in [-0.15, -0.1) is 0 Å². The van der Waals surface area contributed by atoms with Gasteiger partial charge in [-0.3, -0.25) is 14.9 Å². The van der Waals surface area contributed by atoms with Gasteiger partial charge < -0.3 is 4.74 Å². The van der Waals surface area contributed by atoms with Crippen molar-refractivity contribution < 1.29 is 13.2 Å². The maximum absolute atomic E-state index is 13.0. The molecule has 0 bridgehead atoms. The van der Waals surface area contributed by atoms with E-state index in [2.05, 4.69) is 10.1 Å². The Balaban J connectivity index is 1.64. The highest BCUT2D eigenvalue weighted by molar-refractivity contribution is 7.89. The number of aromatic amines is 1. The van der Waals surface area contributed by atoms with Crippen molar-refractivity contribution in [3.63, 3.8) is 0 Å². The zero-order valence-electron chi connectivity index (χ0n) is 18.1. The van der Waals surface area contributed by atoms with Gasteiger partial charge in [0.05, 0.1) is 23.3 Å². The Morgan fingerprint density at radius 3 is 2.47 bits per heavy atom. The number of nitrogens with one attached hydrogen (secondary N) is 1. The second kappa shape index (κ2) is 9.13. The molecular weight excluding hydrogens is 428 g/mol. The summed E-state index contributed by atoms with van der Waals surface area (Å²) in [6, 6.07) is 13.9. The molecule has 1 aliphatic heterocycles. The summed E-state index contributed by atoms with van der Waals surface area (Å²) in [5, 5.41) is 3.06. The van der Waals surface area contributed by atoms with E-state index < -0.39 is 10.0 Å². The van der Waals surface area contributed by atoms with Crippen LogP contribution in [0.1, 0.15) is 30.5 Å². The number of ether oxygens (including phenoxy) is 1. The Morgan fingerprint density at radius 2 is 1.78 bits per heavy atom. The van der Waals surface area contributed by atoms with Crippen LogP contribution in [0, 0.1) is 6.92 Å². The van der Waals surface area contributed by atoms with Crippen molar-refractivity contribution in [3.05, 3.63) is 70.1 Å². The predicted molar refractivity (Wildman–Crippen MR) is 124 cm³/mol. The van der Waals surface area contributed by atoms with E-state index in [0.717, 1.165) is 24.9 Å². The number of H-pyrrole nitrogens is 1. The maximum atomic E-state index is 13.0. The zero-order valence-corrected chi connectivity index (χ0v) is 18.9. The minimum Gasteiger partial charge on any atom is -0.494 e. The number of aryl methyl sites for hydroxylation is 1. The lowest BCUT2D eigenvalue weighted by molar-refractivity contribution is 0.346. The second-order valence-corrected chi connectivity index (χ2v) is 9.62. The van der Waals surface area contributed by atoms with Crippen LogP contribution in [-0.2, 0) is 10.0 Å². The quantitative estimate of drug-likeness (QED) is 0.577. The first-order valence-electron chi connectivity index (χ1n) is 10.5. The summed E-state index contributed by atoms with van der Waals surface area (Å²) in [6.07, 6.45) is 4.27. The van der Waals surface area contributed by atoms with Crippen LogP contribution in [0.5, 0.6) is 5.75 Å². The molecule has 0 unspecified atom stereocenters. The zero-order chi connectivity index (χ0) is 22.7. The summed E-state index contributed by atoms with van der Waals surface area (Å²) < 4.78 is 34.3. The Bertz CT molecular complexity index is 1290. The highest BCUT2D eigenvalue weighted by Crippen LogP contribution is 2.32. The lowest BCUT2D eigenvalue weighted by Gasteiger charge is -2.26. The molecule has 2 heterocycles. The summed E-state index contributed by atoms with van der Waals surface area (Å²) in [5.74, 6) is 0.330. The number of rotatable bonds is 6. The van der Waals surface area contributed by atoms with Crippen LogP contribution < -0.4 is 10.3 Å². The summed E-state index contributed by atoms with van der Waals surface area (Å²) in [4.78, 5) is 17.5. The normalized spacial score (nSPS) is 15.3. The van der Waals surface area contributed by atoms with E-state index in [-0.39, 0.29) is 10.5 Å². The molecule has 0 amide bonds. The predicted octanol–water partition coefficient (Wildman–Crippen LogP) is 3.41. The van der Waals surface area contributed by atoms with Crippen molar-refractivity contribution in [2.75, 3.05) is 20.2 Å². The molecule has 1 fully saturated rings. The van der Waals surface area contributed by atoms with E-state index >= 15 is 0 Å². The molecule has 0 spiro atoms. The van der Waals surface area contributed by atoms with Crippen LogP contribution in [0.4, 0.5) is 5.69 Å². The monoisotopic (exact) mass is 454 g/mol. The number of aromatic nitrogens is 2. The summed E-state index contributed by atoms with van der Waals surface area (Å²) in [5.41, 5.74) is 2.04. The van der Waals surface area contributed by atoms with Gasteiger partial charge in [-0.1, -0.05) is 24.6 Å². The molecular formula is C23H26N4O4S. The fraction of sp³-hybridized carbons (Fsp3) is 0.304. The van der Waals surface area contributed by atoms with Crippen LogP contribution in [-0.4, -0.2) is 48.9 Å². The van der Waals surface area contributed by atoms with Gasteiger partial charge in [0.15, 0.2) is 0 Å². The number of para-hydroxylation sites is 1. The van der Waals surface area contributed by atoms with Gasteiger partial charge in [0.1, 0.15) is 11.4 Å². The van der Waals surface area contributed by atoms with Crippen LogP contribution in [0.2, 0.25) is 0 Å². The number of benzene rings is 2. The average Bonchev–Trinajstić information content (AvgIpc) is 3.11. The van der Waals surface area contributed by atoms with Crippen LogP contribution in [0.15, 0.2) is 63.2 Å². The third kappa shape index (κ3) is 4.26. The summed E-state index contributed by atoms with van der Waals surface area (Å²) in [7, 11) is -2.11. The number of piperidine rings is 1. The molecule has 0 saturated carbocycles. The molecule has 2 aromatic carbocycles. The highest BCUT2D eigenvalue weighted by atomic mass is 32.2. The average molecular weight is 455 g/mol. The van der Waals surface area contributed by atoms with E-state index in [9.17, 15) is 13.2 Å². The number of hydrogen-bond donors (Lipinski definition) is 1. The molecule has 8 nitrogen and oxygen atoms in total. The standard InChI is InChI=1S/C23H26N4O4S/c1-17-20(23(28)27(25-17)18-9-5-3-6-10-18)16-24-21-12-11-19(15-22(21)31-2)32(29,30)26-13-7-4-8-14-26/h3,5-6,9-12,15-16,25H,4,7-8,13-14H2,1-2H3. The van der Waals surface area contributed by atoms with Gasteiger partial charge in [0, 0.05) is 31.1 Å². The van der Waals surface area contributed by atoms with Gasteiger partial charge in [-0.2, -0.15) is 4.31 Å². The van der Waals surface area contributed by atoms with Crippen molar-refractivity contribution in [1.82, 2.24) is 14.1 Å². The van der Waals surface area contributed by atoms with Gasteiger partial charge in [-0.25, -0.2) is 13.1 Å². The highest BCUT2D eigenvalue weighted by Gasteiger charge is 2.26. The Morgan fingerprint density at radius 1 is 1.06 bits per heavy atom. The molecule has 1 N–H and O–H groups in total. The lowest BCUT2D eigenvalue weighted by Crippen LogP contribution is -2.35. The molecule has 0 radical (unpaired) electrons. The Hall–Kier alpha value is -3.17. The molecule has 168 valence electrons. The fourth-order valence-corrected chi connectivity index (χ4v) is 5.32. The van der Waals surface area contributed by atoms with E-state index in [1.165, 1.54) is 34.4 Å².